The van der Waals surface area contributed by atoms with Crippen LogP contribution in [0.5, 0.6) is 23.0 Å². The monoisotopic (exact) mass is 490 g/mol. The van der Waals surface area contributed by atoms with Crippen LogP contribution in [0, 0.1) is 0 Å². The molecule has 0 saturated carbocycles. The van der Waals surface area contributed by atoms with Gasteiger partial charge < -0.3 is 29.2 Å². The number of carbonyl (C=O) groups is 2. The Balaban J connectivity index is 1.80. The Morgan fingerprint density at radius 3 is 1.86 bits per heavy atom. The average molecular weight is 491 g/mol. The molecule has 0 spiro atoms. The summed E-state index contributed by atoms with van der Waals surface area (Å²) in [5.41, 5.74) is 2.94. The number of ether oxygens (including phenoxy) is 4. The Hall–Kier alpha value is -4.46. The van der Waals surface area contributed by atoms with Crippen LogP contribution >= 0.6 is 0 Å². The highest BCUT2D eigenvalue weighted by molar-refractivity contribution is 6.24. The smallest absolute Gasteiger partial charge is 0.407 e. The van der Waals surface area contributed by atoms with Gasteiger partial charge in [0.2, 0.25) is 0 Å². The summed E-state index contributed by atoms with van der Waals surface area (Å²) in [4.78, 5) is 25.7. The van der Waals surface area contributed by atoms with Crippen LogP contribution in [0.4, 0.5) is 4.79 Å². The predicted octanol–water partition coefficient (Wildman–Crippen LogP) is 4.98. The molecule has 188 valence electrons. The molecule has 8 heteroatoms. The molecule has 36 heavy (non-hydrogen) atoms. The summed E-state index contributed by atoms with van der Waals surface area (Å²) >= 11 is 0. The summed E-state index contributed by atoms with van der Waals surface area (Å²) in [6.45, 7) is 0.362. The molecule has 0 radical (unpaired) electrons. The van der Waals surface area contributed by atoms with Crippen molar-refractivity contribution in [2.24, 2.45) is 0 Å². The molecule has 0 unspecified atom stereocenters. The van der Waals surface area contributed by atoms with Crippen molar-refractivity contribution >= 4 is 23.6 Å². The van der Waals surface area contributed by atoms with Gasteiger partial charge in [-0.25, -0.2) is 4.79 Å². The number of likely N-dealkylation sites (N-methyl/N-ethyl adjacent to an activating group) is 1. The summed E-state index contributed by atoms with van der Waals surface area (Å²) in [6, 6.07) is 20.2. The van der Waals surface area contributed by atoms with Gasteiger partial charge >= 0.3 is 6.09 Å². The van der Waals surface area contributed by atoms with E-state index in [1.54, 1.807) is 46.5 Å². The molecular formula is C28H30N2O6. The summed E-state index contributed by atoms with van der Waals surface area (Å²) in [7, 11) is 7.88. The number of amides is 2. The summed E-state index contributed by atoms with van der Waals surface area (Å²) in [6.07, 6.45) is 1.34. The van der Waals surface area contributed by atoms with Gasteiger partial charge in [-0.1, -0.05) is 24.3 Å². The van der Waals surface area contributed by atoms with Gasteiger partial charge in [-0.15, -0.1) is 0 Å². The van der Waals surface area contributed by atoms with Crippen molar-refractivity contribution in [3.05, 3.63) is 83.4 Å². The molecule has 3 aromatic carbocycles. The summed E-state index contributed by atoms with van der Waals surface area (Å²) in [5.74, 6) is 2.35. The van der Waals surface area contributed by atoms with Gasteiger partial charge in [0.15, 0.2) is 0 Å². The van der Waals surface area contributed by atoms with Gasteiger partial charge in [0, 0.05) is 32.3 Å². The van der Waals surface area contributed by atoms with Crippen LogP contribution in [-0.2, 0) is 16.1 Å². The minimum Gasteiger partial charge on any atom is -0.497 e. The Kier molecular flexibility index (Phi) is 8.94. The molecule has 0 saturated heterocycles. The minimum absolute atomic E-state index is 0.146. The number of nitrogens with zero attached hydrogens (tertiary/aromatic N) is 1. The van der Waals surface area contributed by atoms with E-state index in [-0.39, 0.29) is 5.91 Å². The zero-order valence-electron chi connectivity index (χ0n) is 21.0. The highest BCUT2D eigenvalue weighted by Crippen LogP contribution is 2.30. The SMILES string of the molecule is COC(=O)NCc1ccc(Oc2ccc(C=C(C(=O)N(C)C)c3cc(OC)cc(OC)c3)cc2)cc1. The van der Waals surface area contributed by atoms with Gasteiger partial charge in [0.05, 0.1) is 21.3 Å². The maximum absolute atomic E-state index is 13.0. The lowest BCUT2D eigenvalue weighted by atomic mass is 10.0. The lowest BCUT2D eigenvalue weighted by Gasteiger charge is -2.16. The largest absolute Gasteiger partial charge is 0.497 e. The fourth-order valence-corrected chi connectivity index (χ4v) is 3.33. The topological polar surface area (TPSA) is 86.3 Å². The normalized spacial score (nSPS) is 10.9. The number of nitrogens with one attached hydrogen (secondary N) is 1. The second-order valence-corrected chi connectivity index (χ2v) is 8.02. The van der Waals surface area contributed by atoms with Crippen LogP contribution in [0.2, 0.25) is 0 Å². The van der Waals surface area contributed by atoms with Gasteiger partial charge in [-0.05, 0) is 59.2 Å². The zero-order valence-corrected chi connectivity index (χ0v) is 21.0. The molecule has 3 rings (SSSR count). The minimum atomic E-state index is -0.481. The van der Waals surface area contributed by atoms with Crippen LogP contribution in [0.25, 0.3) is 11.6 Å². The third kappa shape index (κ3) is 7.02. The molecule has 0 aliphatic heterocycles. The molecule has 3 aromatic rings. The first-order chi connectivity index (χ1) is 17.3. The van der Waals surface area contributed by atoms with Crippen molar-refractivity contribution in [3.8, 4) is 23.0 Å². The average Bonchev–Trinajstić information content (AvgIpc) is 2.91. The molecule has 0 bridgehead atoms. The third-order valence-electron chi connectivity index (χ3n) is 5.27. The molecule has 0 aliphatic rings. The number of rotatable bonds is 9. The quantitative estimate of drug-likeness (QED) is 0.336. The molecule has 1 N–H and O–H groups in total. The van der Waals surface area contributed by atoms with Gasteiger partial charge in [0.1, 0.15) is 23.0 Å². The van der Waals surface area contributed by atoms with Crippen LogP contribution < -0.4 is 19.5 Å². The fourth-order valence-electron chi connectivity index (χ4n) is 3.33. The number of benzene rings is 3. The maximum Gasteiger partial charge on any atom is 0.407 e. The number of hydrogen-bond donors (Lipinski definition) is 1. The maximum atomic E-state index is 13.0. The van der Waals surface area contributed by atoms with Crippen LogP contribution in [0.1, 0.15) is 16.7 Å². The molecular weight excluding hydrogens is 460 g/mol. The van der Waals surface area contributed by atoms with Crippen LogP contribution in [-0.4, -0.2) is 52.3 Å². The van der Waals surface area contributed by atoms with E-state index in [1.165, 1.54) is 12.0 Å². The highest BCUT2D eigenvalue weighted by Gasteiger charge is 2.16. The van der Waals surface area contributed by atoms with E-state index < -0.39 is 6.09 Å². The fraction of sp³-hybridized carbons (Fsp3) is 0.214. The molecule has 8 nitrogen and oxygen atoms in total. The van der Waals surface area contributed by atoms with Crippen LogP contribution in [0.3, 0.4) is 0 Å². The van der Waals surface area contributed by atoms with Crippen molar-refractivity contribution < 1.29 is 28.5 Å². The molecule has 0 aromatic heterocycles. The Morgan fingerprint density at radius 2 is 1.36 bits per heavy atom. The first kappa shape index (κ1) is 26.2. The Morgan fingerprint density at radius 1 is 0.806 bits per heavy atom. The standard InChI is InChI=1S/C28H30N2O6/c1-30(2)27(31)26(21-15-24(33-3)17-25(16-21)34-4)14-19-6-10-22(11-7-19)36-23-12-8-20(9-13-23)18-29-28(32)35-5/h6-17H,18H2,1-5H3,(H,29,32). The van der Waals surface area contributed by atoms with E-state index >= 15 is 0 Å². The van der Waals surface area contributed by atoms with E-state index in [0.29, 0.717) is 40.7 Å². The second-order valence-electron chi connectivity index (χ2n) is 8.02. The van der Waals surface area contributed by atoms with E-state index in [4.69, 9.17) is 14.2 Å². The third-order valence-corrected chi connectivity index (χ3v) is 5.27. The van der Waals surface area contributed by atoms with Crippen molar-refractivity contribution in [2.75, 3.05) is 35.4 Å². The summed E-state index contributed by atoms with van der Waals surface area (Å²) < 4.78 is 21.2. The lowest BCUT2D eigenvalue weighted by molar-refractivity contribution is -0.122. The Bertz CT molecular complexity index is 1200. The molecule has 2 amide bonds. The molecule has 0 atom stereocenters. The van der Waals surface area contributed by atoms with E-state index in [0.717, 1.165) is 11.1 Å². The first-order valence-electron chi connectivity index (χ1n) is 11.2. The molecule has 0 fully saturated rings. The first-order valence-corrected chi connectivity index (χ1v) is 11.2. The lowest BCUT2D eigenvalue weighted by Crippen LogP contribution is -2.22. The number of hydrogen-bond acceptors (Lipinski definition) is 6. The van der Waals surface area contributed by atoms with Crippen molar-refractivity contribution in [2.45, 2.75) is 6.54 Å². The van der Waals surface area contributed by atoms with Gasteiger partial charge in [-0.2, -0.15) is 0 Å². The van der Waals surface area contributed by atoms with Crippen molar-refractivity contribution in [1.82, 2.24) is 10.2 Å². The molecule has 0 heterocycles. The summed E-state index contributed by atoms with van der Waals surface area (Å²) in [5, 5.41) is 2.63. The van der Waals surface area contributed by atoms with Crippen LogP contribution in [0.15, 0.2) is 66.7 Å². The number of carbonyl (C=O) groups excluding carboxylic acids is 2. The molecule has 0 aliphatic carbocycles. The zero-order chi connectivity index (χ0) is 26.1. The highest BCUT2D eigenvalue weighted by atomic mass is 16.5. The van der Waals surface area contributed by atoms with Gasteiger partial charge in [-0.3, -0.25) is 4.79 Å². The number of alkyl carbamates (subject to hydrolysis) is 1. The van der Waals surface area contributed by atoms with E-state index in [2.05, 4.69) is 10.1 Å². The van der Waals surface area contributed by atoms with E-state index in [9.17, 15) is 9.59 Å². The van der Waals surface area contributed by atoms with E-state index in [1.807, 2.05) is 54.6 Å². The second kappa shape index (κ2) is 12.3. The number of methoxy groups -OCH3 is 3. The Labute approximate surface area is 211 Å². The predicted molar refractivity (Wildman–Crippen MR) is 138 cm³/mol. The van der Waals surface area contributed by atoms with Crippen molar-refractivity contribution in [1.29, 1.82) is 0 Å². The van der Waals surface area contributed by atoms with Gasteiger partial charge in [0.25, 0.3) is 5.91 Å². The van der Waals surface area contributed by atoms with Crippen molar-refractivity contribution in [3.63, 3.8) is 0 Å².